The second kappa shape index (κ2) is 10.2. The van der Waals surface area contributed by atoms with Gasteiger partial charge in [0.1, 0.15) is 5.69 Å². The summed E-state index contributed by atoms with van der Waals surface area (Å²) in [6, 6.07) is 15.8. The van der Waals surface area contributed by atoms with Gasteiger partial charge in [-0.3, -0.25) is 14.6 Å². The third kappa shape index (κ3) is 4.54. The summed E-state index contributed by atoms with van der Waals surface area (Å²) in [5.74, 6) is -2.19. The van der Waals surface area contributed by atoms with Gasteiger partial charge in [-0.2, -0.15) is 0 Å². The number of aromatic carboxylic acids is 1. The van der Waals surface area contributed by atoms with Crippen LogP contribution < -0.4 is 10.6 Å². The maximum atomic E-state index is 13.8. The molecule has 2 amide bonds. The number of carbonyl (C=O) groups excluding carboxylic acids is 2. The predicted octanol–water partition coefficient (Wildman–Crippen LogP) is 6.08. The summed E-state index contributed by atoms with van der Waals surface area (Å²) in [4.78, 5) is 50.5. The molecule has 0 saturated carbocycles. The van der Waals surface area contributed by atoms with Crippen molar-refractivity contribution >= 4 is 66.7 Å². The van der Waals surface area contributed by atoms with Crippen LogP contribution in [-0.4, -0.2) is 44.4 Å². The standard InChI is InChI=1S/C30H23N5O4S/c1-2-9-32-29(37)24-6-4-19(26(35-24)30(38)39)20-14-25-22(27-17(15-33-25)8-11-40-27)13-21(20)28(36)34-18-3-5-23-16(12-18)7-10-31-23/h3-8,10-15,31H,2,9H2,1H3,(H,32,37)(H,34,36)(H,38,39). The van der Waals surface area contributed by atoms with Crippen LogP contribution >= 0.6 is 11.3 Å². The monoisotopic (exact) mass is 549 g/mol. The third-order valence-electron chi connectivity index (χ3n) is 6.63. The molecule has 0 spiro atoms. The molecule has 0 aliphatic rings. The first kappa shape index (κ1) is 25.2. The first-order valence-corrected chi connectivity index (χ1v) is 13.5. The molecule has 9 nitrogen and oxygen atoms in total. The summed E-state index contributed by atoms with van der Waals surface area (Å²) < 4.78 is 0.971. The fraction of sp³-hybridized carbons (Fsp3) is 0.100. The van der Waals surface area contributed by atoms with E-state index in [0.717, 1.165) is 32.8 Å². The van der Waals surface area contributed by atoms with E-state index in [9.17, 15) is 19.5 Å². The highest BCUT2D eigenvalue weighted by atomic mass is 32.1. The van der Waals surface area contributed by atoms with Crippen LogP contribution in [0.1, 0.15) is 44.7 Å². The Hall–Kier alpha value is -5.09. The van der Waals surface area contributed by atoms with Crippen LogP contribution in [0, 0.1) is 0 Å². The second-order valence-corrected chi connectivity index (χ2v) is 10.2. The van der Waals surface area contributed by atoms with E-state index in [4.69, 9.17) is 0 Å². The highest BCUT2D eigenvalue weighted by molar-refractivity contribution is 7.18. The minimum Gasteiger partial charge on any atom is -0.476 e. The van der Waals surface area contributed by atoms with Crippen molar-refractivity contribution in [2.24, 2.45) is 0 Å². The average Bonchev–Trinajstić information content (AvgIpc) is 3.64. The summed E-state index contributed by atoms with van der Waals surface area (Å²) in [6.45, 7) is 2.36. The minimum atomic E-state index is -1.31. The Labute approximate surface area is 231 Å². The highest BCUT2D eigenvalue weighted by Crippen LogP contribution is 2.35. The highest BCUT2D eigenvalue weighted by Gasteiger charge is 2.23. The molecule has 4 heterocycles. The van der Waals surface area contributed by atoms with E-state index < -0.39 is 17.8 Å². The van der Waals surface area contributed by atoms with Gasteiger partial charge in [0.15, 0.2) is 5.69 Å². The lowest BCUT2D eigenvalue weighted by molar-refractivity contribution is 0.0691. The van der Waals surface area contributed by atoms with Gasteiger partial charge in [-0.05, 0) is 72.0 Å². The van der Waals surface area contributed by atoms with Crippen molar-refractivity contribution in [1.82, 2.24) is 20.3 Å². The number of nitrogens with zero attached hydrogens (tertiary/aromatic N) is 2. The Morgan fingerprint density at radius 1 is 0.975 bits per heavy atom. The molecule has 4 aromatic heterocycles. The second-order valence-electron chi connectivity index (χ2n) is 9.27. The molecule has 0 atom stereocenters. The number of H-pyrrole nitrogens is 1. The lowest BCUT2D eigenvalue weighted by Gasteiger charge is -2.15. The number of fused-ring (bicyclic) bond motifs is 4. The molecule has 0 saturated heterocycles. The van der Waals surface area contributed by atoms with Gasteiger partial charge in [0.05, 0.1) is 5.52 Å². The molecular weight excluding hydrogens is 526 g/mol. The Morgan fingerprint density at radius 3 is 2.67 bits per heavy atom. The summed E-state index contributed by atoms with van der Waals surface area (Å²) in [5.41, 5.74) is 2.62. The molecule has 0 aliphatic carbocycles. The number of benzene rings is 2. The van der Waals surface area contributed by atoms with E-state index in [1.807, 2.05) is 42.8 Å². The SMILES string of the molecule is CCCNC(=O)c1ccc(-c2cc3ncc4ccsc4c3cc2C(=O)Nc2ccc3[nH]ccc3c2)c(C(=O)O)n1. The van der Waals surface area contributed by atoms with Gasteiger partial charge in [0, 0.05) is 62.1 Å². The van der Waals surface area contributed by atoms with E-state index in [0.29, 0.717) is 23.3 Å². The predicted molar refractivity (Wildman–Crippen MR) is 156 cm³/mol. The zero-order chi connectivity index (χ0) is 27.8. The van der Waals surface area contributed by atoms with Gasteiger partial charge in [-0.1, -0.05) is 6.92 Å². The number of amides is 2. The zero-order valence-corrected chi connectivity index (χ0v) is 22.1. The van der Waals surface area contributed by atoms with Crippen molar-refractivity contribution in [3.63, 3.8) is 0 Å². The third-order valence-corrected chi connectivity index (χ3v) is 7.59. The van der Waals surface area contributed by atoms with E-state index in [1.54, 1.807) is 24.4 Å². The molecule has 0 fully saturated rings. The first-order chi connectivity index (χ1) is 19.4. The van der Waals surface area contributed by atoms with Gasteiger partial charge in [0.25, 0.3) is 11.8 Å². The van der Waals surface area contributed by atoms with E-state index in [2.05, 4.69) is 25.6 Å². The average molecular weight is 550 g/mol. The summed E-state index contributed by atoms with van der Waals surface area (Å²) >= 11 is 1.54. The molecule has 2 aromatic carbocycles. The largest absolute Gasteiger partial charge is 0.476 e. The molecule has 0 aliphatic heterocycles. The first-order valence-electron chi connectivity index (χ1n) is 12.6. The quantitative estimate of drug-likeness (QED) is 0.190. The number of rotatable bonds is 7. The number of pyridine rings is 2. The Bertz CT molecular complexity index is 1960. The minimum absolute atomic E-state index is 0.0142. The smallest absolute Gasteiger partial charge is 0.355 e. The van der Waals surface area contributed by atoms with Crippen molar-refractivity contribution in [1.29, 1.82) is 0 Å². The van der Waals surface area contributed by atoms with Crippen LogP contribution in [0.15, 0.2) is 72.4 Å². The van der Waals surface area contributed by atoms with Crippen molar-refractivity contribution in [2.45, 2.75) is 13.3 Å². The molecule has 10 heteroatoms. The number of thiophene rings is 1. The lowest BCUT2D eigenvalue weighted by Crippen LogP contribution is -2.25. The number of carboxylic acid groups (broad SMARTS) is 1. The Balaban J connectivity index is 1.51. The van der Waals surface area contributed by atoms with Crippen LogP contribution in [0.25, 0.3) is 43.0 Å². The molecular formula is C30H23N5O4S. The normalized spacial score (nSPS) is 11.2. The number of hydrogen-bond donors (Lipinski definition) is 4. The topological polar surface area (TPSA) is 137 Å². The molecule has 6 aromatic rings. The summed E-state index contributed by atoms with van der Waals surface area (Å²) in [5, 5.41) is 20.4. The van der Waals surface area contributed by atoms with Crippen LogP contribution in [0.5, 0.6) is 0 Å². The van der Waals surface area contributed by atoms with Crippen molar-refractivity contribution in [3.8, 4) is 11.1 Å². The van der Waals surface area contributed by atoms with Gasteiger partial charge < -0.3 is 20.7 Å². The van der Waals surface area contributed by atoms with E-state index in [-0.39, 0.29) is 22.5 Å². The molecule has 198 valence electrons. The Morgan fingerprint density at radius 2 is 1.85 bits per heavy atom. The van der Waals surface area contributed by atoms with E-state index in [1.165, 1.54) is 23.5 Å². The van der Waals surface area contributed by atoms with Crippen molar-refractivity contribution < 1.29 is 19.5 Å². The van der Waals surface area contributed by atoms with Gasteiger partial charge >= 0.3 is 5.97 Å². The van der Waals surface area contributed by atoms with Crippen LogP contribution in [0.3, 0.4) is 0 Å². The number of carbonyl (C=O) groups is 3. The summed E-state index contributed by atoms with van der Waals surface area (Å²) in [7, 11) is 0. The molecule has 0 unspecified atom stereocenters. The van der Waals surface area contributed by atoms with Gasteiger partial charge in [0.2, 0.25) is 0 Å². The van der Waals surface area contributed by atoms with Crippen LogP contribution in [0.2, 0.25) is 0 Å². The van der Waals surface area contributed by atoms with Crippen molar-refractivity contribution in [2.75, 3.05) is 11.9 Å². The molecule has 40 heavy (non-hydrogen) atoms. The maximum Gasteiger partial charge on any atom is 0.355 e. The number of aromatic amines is 1. The Kier molecular flexibility index (Phi) is 6.45. The number of nitrogens with one attached hydrogen (secondary N) is 3. The van der Waals surface area contributed by atoms with Gasteiger partial charge in [-0.25, -0.2) is 9.78 Å². The number of carboxylic acids is 1. The van der Waals surface area contributed by atoms with Crippen LogP contribution in [0.4, 0.5) is 5.69 Å². The number of hydrogen-bond acceptors (Lipinski definition) is 6. The number of anilines is 1. The fourth-order valence-corrected chi connectivity index (χ4v) is 5.59. The zero-order valence-electron chi connectivity index (χ0n) is 21.3. The molecule has 4 N–H and O–H groups in total. The fourth-order valence-electron chi connectivity index (χ4n) is 4.69. The summed E-state index contributed by atoms with van der Waals surface area (Å²) in [6.07, 6.45) is 4.30. The lowest BCUT2D eigenvalue weighted by atomic mass is 9.94. The molecule has 6 rings (SSSR count). The maximum absolute atomic E-state index is 13.8. The van der Waals surface area contributed by atoms with Crippen molar-refractivity contribution in [3.05, 3.63) is 89.3 Å². The molecule has 0 bridgehead atoms. The number of aromatic nitrogens is 3. The molecule has 0 radical (unpaired) electrons. The van der Waals surface area contributed by atoms with Crippen LogP contribution in [-0.2, 0) is 0 Å². The van der Waals surface area contributed by atoms with E-state index >= 15 is 0 Å². The van der Waals surface area contributed by atoms with Gasteiger partial charge in [-0.15, -0.1) is 11.3 Å².